The van der Waals surface area contributed by atoms with Crippen molar-refractivity contribution in [2.75, 3.05) is 0 Å². The van der Waals surface area contributed by atoms with Gasteiger partial charge in [-0.25, -0.2) is 0 Å². The number of amides is 1. The van der Waals surface area contributed by atoms with E-state index in [4.69, 9.17) is 16.6 Å². The third-order valence-corrected chi connectivity index (χ3v) is 9.35. The first-order valence-electron chi connectivity index (χ1n) is 14.0. The monoisotopic (exact) mass is 533 g/mol. The van der Waals surface area contributed by atoms with Gasteiger partial charge in [0, 0.05) is 12.0 Å². The second-order valence-electron chi connectivity index (χ2n) is 11.7. The van der Waals surface area contributed by atoms with Crippen LogP contribution in [0, 0.1) is 11.3 Å². The lowest BCUT2D eigenvalue weighted by molar-refractivity contribution is -0.133. The first kappa shape index (κ1) is 28.3. The van der Waals surface area contributed by atoms with Crippen molar-refractivity contribution in [3.05, 3.63) is 65.2 Å². The van der Waals surface area contributed by atoms with Gasteiger partial charge in [0.15, 0.2) is 0 Å². The Morgan fingerprint density at radius 1 is 1.13 bits per heavy atom. The Morgan fingerprint density at radius 2 is 1.76 bits per heavy atom. The number of amidine groups is 1. The van der Waals surface area contributed by atoms with Gasteiger partial charge in [-0.2, -0.15) is 5.10 Å². The van der Waals surface area contributed by atoms with Gasteiger partial charge in [-0.3, -0.25) is 9.79 Å². The molecule has 4 rings (SSSR count). The Hall–Kier alpha value is -2.72. The summed E-state index contributed by atoms with van der Waals surface area (Å²) >= 11 is 0. The number of hydrazone groups is 1. The summed E-state index contributed by atoms with van der Waals surface area (Å²) in [5.41, 5.74) is 9.34. The molecule has 38 heavy (non-hydrogen) atoms. The van der Waals surface area contributed by atoms with Gasteiger partial charge in [-0.1, -0.05) is 89.1 Å². The van der Waals surface area contributed by atoms with E-state index in [0.29, 0.717) is 29.3 Å². The highest BCUT2D eigenvalue weighted by molar-refractivity contribution is 7.27. The molecule has 1 heterocycles. The van der Waals surface area contributed by atoms with Gasteiger partial charge in [0.1, 0.15) is 17.2 Å². The molecule has 7 heteroatoms. The Kier molecular flexibility index (Phi) is 8.62. The summed E-state index contributed by atoms with van der Waals surface area (Å²) < 4.78 is 0. The molecule has 0 bridgehead atoms. The molecule has 0 saturated heterocycles. The van der Waals surface area contributed by atoms with Crippen molar-refractivity contribution < 1.29 is 4.79 Å². The van der Waals surface area contributed by atoms with Crippen molar-refractivity contribution in [1.29, 1.82) is 0 Å². The summed E-state index contributed by atoms with van der Waals surface area (Å²) in [5.74, 6) is 6.43. The predicted octanol–water partition coefficient (Wildman–Crippen LogP) is 5.46. The number of hydrogen-bond donors (Lipinski definition) is 2. The molecule has 2 aromatic carbocycles. The number of nitrogens with zero attached hydrogens (tertiary/aromatic N) is 3. The molecule has 0 aromatic heterocycles. The summed E-state index contributed by atoms with van der Waals surface area (Å²) in [6, 6.07) is 16.5. The minimum atomic E-state index is -0.498. The summed E-state index contributed by atoms with van der Waals surface area (Å²) in [6.07, 6.45) is 7.50. The summed E-state index contributed by atoms with van der Waals surface area (Å²) in [6.45, 7) is 9.24. The van der Waals surface area contributed by atoms with Crippen LogP contribution in [-0.2, 0) is 11.2 Å². The molecule has 1 saturated carbocycles. The van der Waals surface area contributed by atoms with E-state index in [2.05, 4.69) is 71.2 Å². The smallest absolute Gasteiger partial charge is 0.275 e. The van der Waals surface area contributed by atoms with Gasteiger partial charge in [-0.15, -0.1) is 9.24 Å². The zero-order valence-corrected chi connectivity index (χ0v) is 24.6. The standard InChI is InChI=1S/C31H44N5OP/c1-5-7-26(22-10-8-21(9-11-22)20-27(32)35-33)36-29(37)28(23-12-14-25(38)15-13-23)34-31(36)18-16-24(17-19-31)30(3,4)6-2/h8-15,24,26H,5-7,16-20,33,38H2,1-4H3,(H2,32,35). The van der Waals surface area contributed by atoms with E-state index in [1.807, 2.05) is 24.3 Å². The van der Waals surface area contributed by atoms with Crippen LogP contribution in [0.25, 0.3) is 0 Å². The van der Waals surface area contributed by atoms with Crippen LogP contribution < -0.4 is 16.9 Å². The Morgan fingerprint density at radius 3 is 2.32 bits per heavy atom. The van der Waals surface area contributed by atoms with Crippen molar-refractivity contribution in [1.82, 2.24) is 4.90 Å². The molecule has 1 aliphatic heterocycles. The maximum atomic E-state index is 14.3. The number of aliphatic imine (C=N–C) groups is 1. The van der Waals surface area contributed by atoms with Crippen LogP contribution in [0.2, 0.25) is 0 Å². The van der Waals surface area contributed by atoms with Crippen molar-refractivity contribution in [3.8, 4) is 0 Å². The molecule has 1 fully saturated rings. The van der Waals surface area contributed by atoms with Crippen LogP contribution in [0.15, 0.2) is 58.6 Å². The molecule has 2 unspecified atom stereocenters. The van der Waals surface area contributed by atoms with Crippen molar-refractivity contribution in [2.24, 2.45) is 33.0 Å². The zero-order valence-electron chi connectivity index (χ0n) is 23.4. The maximum Gasteiger partial charge on any atom is 0.275 e. The first-order chi connectivity index (χ1) is 18.1. The normalized spacial score (nSPS) is 23.1. The maximum absolute atomic E-state index is 14.3. The fourth-order valence-electron chi connectivity index (χ4n) is 6.21. The third kappa shape index (κ3) is 5.66. The van der Waals surface area contributed by atoms with E-state index in [1.165, 1.54) is 0 Å². The van der Waals surface area contributed by atoms with E-state index in [1.54, 1.807) is 0 Å². The molecule has 1 amide bonds. The van der Waals surface area contributed by atoms with E-state index < -0.39 is 5.66 Å². The Balaban J connectivity index is 1.72. The lowest BCUT2D eigenvalue weighted by Crippen LogP contribution is -2.51. The van der Waals surface area contributed by atoms with Gasteiger partial charge < -0.3 is 16.5 Å². The topological polar surface area (TPSA) is 97.1 Å². The number of carbonyl (C=O) groups is 1. The molecule has 1 spiro atoms. The number of benzene rings is 2. The van der Waals surface area contributed by atoms with E-state index in [0.717, 1.165) is 66.9 Å². The third-order valence-electron chi connectivity index (χ3n) is 8.97. The average Bonchev–Trinajstić information content (AvgIpc) is 3.19. The number of nitrogens with two attached hydrogens (primary N) is 2. The summed E-state index contributed by atoms with van der Waals surface area (Å²) in [7, 11) is 2.72. The number of hydrogen-bond acceptors (Lipinski definition) is 4. The molecule has 2 atom stereocenters. The van der Waals surface area contributed by atoms with Crippen molar-refractivity contribution >= 4 is 32.0 Å². The highest BCUT2D eigenvalue weighted by Gasteiger charge is 2.52. The molecular weight excluding hydrogens is 489 g/mol. The quantitative estimate of drug-likeness (QED) is 0.147. The van der Waals surface area contributed by atoms with Gasteiger partial charge in [0.25, 0.3) is 5.91 Å². The molecule has 1 aliphatic carbocycles. The second kappa shape index (κ2) is 11.6. The van der Waals surface area contributed by atoms with Gasteiger partial charge in [0.05, 0.1) is 6.04 Å². The highest BCUT2D eigenvalue weighted by Crippen LogP contribution is 2.50. The molecule has 6 nitrogen and oxygen atoms in total. The van der Waals surface area contributed by atoms with E-state index in [9.17, 15) is 4.79 Å². The molecule has 2 aromatic rings. The average molecular weight is 534 g/mol. The molecule has 204 valence electrons. The molecular formula is C31H44N5OP. The SMILES string of the molecule is CCCC(c1ccc(C/C(N)=N/N)cc1)N1C(=O)C(c2ccc(P)cc2)=NC12CCC(C(C)(C)CC)CC2. The van der Waals surface area contributed by atoms with Gasteiger partial charge in [-0.05, 0) is 59.9 Å². The van der Waals surface area contributed by atoms with E-state index in [-0.39, 0.29) is 11.9 Å². The van der Waals surface area contributed by atoms with Crippen molar-refractivity contribution in [3.63, 3.8) is 0 Å². The summed E-state index contributed by atoms with van der Waals surface area (Å²) in [5, 5.41) is 4.69. The first-order valence-corrected chi connectivity index (χ1v) is 14.6. The number of carbonyl (C=O) groups excluding carboxylic acids is 1. The van der Waals surface area contributed by atoms with Crippen LogP contribution in [0.5, 0.6) is 0 Å². The van der Waals surface area contributed by atoms with Crippen LogP contribution >= 0.6 is 9.24 Å². The van der Waals surface area contributed by atoms with Crippen LogP contribution in [0.3, 0.4) is 0 Å². The highest BCUT2D eigenvalue weighted by atomic mass is 31.0. The minimum absolute atomic E-state index is 0.0416. The second-order valence-corrected chi connectivity index (χ2v) is 12.4. The molecule has 2 aliphatic rings. The lowest BCUT2D eigenvalue weighted by atomic mass is 9.67. The Bertz CT molecular complexity index is 1180. The zero-order chi connectivity index (χ0) is 27.5. The minimum Gasteiger partial charge on any atom is -0.385 e. The Labute approximate surface area is 230 Å². The fourth-order valence-corrected chi connectivity index (χ4v) is 6.40. The van der Waals surface area contributed by atoms with E-state index >= 15 is 0 Å². The predicted molar refractivity (Wildman–Crippen MR) is 162 cm³/mol. The van der Waals surface area contributed by atoms with Crippen LogP contribution in [-0.4, -0.2) is 28.0 Å². The largest absolute Gasteiger partial charge is 0.385 e. The van der Waals surface area contributed by atoms with Crippen LogP contribution in [0.4, 0.5) is 0 Å². The number of rotatable bonds is 9. The fraction of sp³-hybridized carbons (Fsp3) is 0.516. The lowest BCUT2D eigenvalue weighted by Gasteiger charge is -2.48. The molecule has 4 N–H and O–H groups in total. The van der Waals surface area contributed by atoms with Gasteiger partial charge >= 0.3 is 0 Å². The van der Waals surface area contributed by atoms with Gasteiger partial charge in [0.2, 0.25) is 0 Å². The van der Waals surface area contributed by atoms with Crippen LogP contribution in [0.1, 0.15) is 95.4 Å². The molecule has 0 radical (unpaired) electrons. The van der Waals surface area contributed by atoms with Crippen molar-refractivity contribution in [2.45, 2.75) is 90.8 Å². The summed E-state index contributed by atoms with van der Waals surface area (Å²) in [4.78, 5) is 21.8.